The zero-order valence-corrected chi connectivity index (χ0v) is 11.8. The molecule has 3 aromatic rings. The van der Waals surface area contributed by atoms with Crippen LogP contribution in [0.1, 0.15) is 11.1 Å². The van der Waals surface area contributed by atoms with E-state index >= 15 is 0 Å². The second-order valence-electron chi connectivity index (χ2n) is 4.50. The first-order valence-electron chi connectivity index (χ1n) is 6.00. The maximum Gasteiger partial charge on any atom is 0.248 e. The number of carbonyl (C=O) groups excluding carboxylic acids is 1. The number of rotatable bonds is 3. The standard InChI is InChI=1S/C12H12N6OS/c1-7-3-8(2)11-9(4-7)20-12(15-11)14-10(19)5-18-6-13-16-17-18/h3-4,6H,5H2,1-2H3,(H,14,15,19). The molecule has 0 saturated carbocycles. The van der Waals surface area contributed by atoms with E-state index in [2.05, 4.69) is 38.0 Å². The first-order valence-corrected chi connectivity index (χ1v) is 6.82. The van der Waals surface area contributed by atoms with Crippen molar-refractivity contribution in [3.8, 4) is 0 Å². The highest BCUT2D eigenvalue weighted by atomic mass is 32.1. The number of anilines is 1. The molecule has 2 heterocycles. The van der Waals surface area contributed by atoms with Crippen molar-refractivity contribution in [2.24, 2.45) is 0 Å². The smallest absolute Gasteiger partial charge is 0.248 e. The maximum absolute atomic E-state index is 11.8. The number of nitrogens with zero attached hydrogens (tertiary/aromatic N) is 5. The third-order valence-corrected chi connectivity index (χ3v) is 3.69. The van der Waals surface area contributed by atoms with Gasteiger partial charge in [-0.3, -0.25) is 4.79 Å². The topological polar surface area (TPSA) is 85.6 Å². The summed E-state index contributed by atoms with van der Waals surface area (Å²) in [5.74, 6) is -0.203. The molecule has 0 saturated heterocycles. The second kappa shape index (κ2) is 4.97. The van der Waals surface area contributed by atoms with Crippen molar-refractivity contribution in [2.45, 2.75) is 20.4 Å². The summed E-state index contributed by atoms with van der Waals surface area (Å²) in [6.45, 7) is 4.13. The average Bonchev–Trinajstić information content (AvgIpc) is 2.98. The Balaban J connectivity index is 1.81. The normalized spacial score (nSPS) is 10.9. The van der Waals surface area contributed by atoms with Crippen molar-refractivity contribution in [3.05, 3.63) is 29.6 Å². The lowest BCUT2D eigenvalue weighted by molar-refractivity contribution is -0.116. The van der Waals surface area contributed by atoms with Gasteiger partial charge in [-0.15, -0.1) is 5.10 Å². The molecule has 0 spiro atoms. The molecule has 102 valence electrons. The van der Waals surface area contributed by atoms with Gasteiger partial charge in [0.25, 0.3) is 0 Å². The SMILES string of the molecule is Cc1cc(C)c2nc(NC(=O)Cn3cnnn3)sc2c1. The van der Waals surface area contributed by atoms with Crippen molar-refractivity contribution < 1.29 is 4.79 Å². The molecule has 0 bridgehead atoms. The van der Waals surface area contributed by atoms with Crippen LogP contribution in [0.25, 0.3) is 10.2 Å². The number of nitrogens with one attached hydrogen (secondary N) is 1. The van der Waals surface area contributed by atoms with Crippen LogP contribution < -0.4 is 5.32 Å². The summed E-state index contributed by atoms with van der Waals surface area (Å²) in [5, 5.41) is 14.0. The summed E-state index contributed by atoms with van der Waals surface area (Å²) >= 11 is 1.46. The number of carbonyl (C=O) groups is 1. The van der Waals surface area contributed by atoms with Gasteiger partial charge in [0.15, 0.2) is 5.13 Å². The summed E-state index contributed by atoms with van der Waals surface area (Å²) in [5.41, 5.74) is 3.22. The molecule has 0 aliphatic rings. The van der Waals surface area contributed by atoms with Gasteiger partial charge in [0.05, 0.1) is 10.2 Å². The zero-order valence-electron chi connectivity index (χ0n) is 11.0. The molecule has 20 heavy (non-hydrogen) atoms. The van der Waals surface area contributed by atoms with E-state index in [1.807, 2.05) is 13.8 Å². The minimum Gasteiger partial charge on any atom is -0.300 e. The molecule has 1 aromatic carbocycles. The van der Waals surface area contributed by atoms with Gasteiger partial charge in [-0.05, 0) is 41.5 Å². The number of thiazole rings is 1. The summed E-state index contributed by atoms with van der Waals surface area (Å²) in [7, 11) is 0. The molecule has 0 radical (unpaired) electrons. The number of fused-ring (bicyclic) bond motifs is 1. The van der Waals surface area contributed by atoms with E-state index in [4.69, 9.17) is 0 Å². The Morgan fingerprint density at radius 1 is 1.40 bits per heavy atom. The fourth-order valence-corrected chi connectivity index (χ4v) is 3.04. The monoisotopic (exact) mass is 288 g/mol. The molecular weight excluding hydrogens is 276 g/mol. The predicted octanol–water partition coefficient (Wildman–Crippen LogP) is 1.54. The molecule has 1 amide bonds. The lowest BCUT2D eigenvalue weighted by atomic mass is 10.1. The second-order valence-corrected chi connectivity index (χ2v) is 5.53. The predicted molar refractivity (Wildman–Crippen MR) is 75.5 cm³/mol. The highest BCUT2D eigenvalue weighted by Crippen LogP contribution is 2.29. The van der Waals surface area contributed by atoms with Crippen LogP contribution in [0.15, 0.2) is 18.5 Å². The van der Waals surface area contributed by atoms with Gasteiger partial charge in [0, 0.05) is 0 Å². The summed E-state index contributed by atoms with van der Waals surface area (Å²) in [6.07, 6.45) is 1.39. The van der Waals surface area contributed by atoms with E-state index in [-0.39, 0.29) is 12.5 Å². The first-order chi connectivity index (χ1) is 9.61. The molecule has 0 aliphatic heterocycles. The molecule has 0 unspecified atom stereocenters. The molecule has 2 aromatic heterocycles. The summed E-state index contributed by atoms with van der Waals surface area (Å²) in [6, 6.07) is 4.14. The molecule has 3 rings (SSSR count). The Morgan fingerprint density at radius 3 is 3.00 bits per heavy atom. The zero-order chi connectivity index (χ0) is 14.1. The minimum atomic E-state index is -0.203. The van der Waals surface area contributed by atoms with Gasteiger partial charge >= 0.3 is 0 Å². The molecule has 0 fully saturated rings. The lowest BCUT2D eigenvalue weighted by Gasteiger charge is -1.99. The van der Waals surface area contributed by atoms with Gasteiger partial charge in [-0.2, -0.15) is 0 Å². The quantitative estimate of drug-likeness (QED) is 0.790. The van der Waals surface area contributed by atoms with Crippen LogP contribution in [-0.2, 0) is 11.3 Å². The Kier molecular flexibility index (Phi) is 3.15. The number of tetrazole rings is 1. The van der Waals surface area contributed by atoms with Crippen molar-refractivity contribution in [1.82, 2.24) is 25.2 Å². The highest BCUT2D eigenvalue weighted by molar-refractivity contribution is 7.22. The largest absolute Gasteiger partial charge is 0.300 e. The van der Waals surface area contributed by atoms with Gasteiger partial charge in [-0.1, -0.05) is 17.4 Å². The van der Waals surface area contributed by atoms with Crippen LogP contribution in [0.4, 0.5) is 5.13 Å². The fraction of sp³-hybridized carbons (Fsp3) is 0.250. The maximum atomic E-state index is 11.8. The van der Waals surface area contributed by atoms with E-state index in [0.29, 0.717) is 5.13 Å². The highest BCUT2D eigenvalue weighted by Gasteiger charge is 2.10. The Bertz CT molecular complexity index is 764. The Morgan fingerprint density at radius 2 is 2.25 bits per heavy atom. The van der Waals surface area contributed by atoms with E-state index in [9.17, 15) is 4.79 Å². The van der Waals surface area contributed by atoms with Crippen LogP contribution in [0, 0.1) is 13.8 Å². The number of amides is 1. The van der Waals surface area contributed by atoms with Crippen molar-refractivity contribution in [3.63, 3.8) is 0 Å². The molecule has 8 heteroatoms. The van der Waals surface area contributed by atoms with E-state index < -0.39 is 0 Å². The van der Waals surface area contributed by atoms with Gasteiger partial charge in [-0.25, -0.2) is 9.67 Å². The van der Waals surface area contributed by atoms with Gasteiger partial charge < -0.3 is 5.32 Å². The third-order valence-electron chi connectivity index (χ3n) is 2.77. The molecule has 1 N–H and O–H groups in total. The first kappa shape index (κ1) is 12.7. The van der Waals surface area contributed by atoms with E-state index in [1.165, 1.54) is 27.9 Å². The van der Waals surface area contributed by atoms with Crippen molar-refractivity contribution in [1.29, 1.82) is 0 Å². The Labute approximate surface area is 118 Å². The summed E-state index contributed by atoms with van der Waals surface area (Å²) < 4.78 is 2.43. The van der Waals surface area contributed by atoms with Crippen molar-refractivity contribution >= 4 is 32.6 Å². The number of aryl methyl sites for hydroxylation is 2. The number of aromatic nitrogens is 5. The van der Waals surface area contributed by atoms with Crippen LogP contribution in [0.5, 0.6) is 0 Å². The van der Waals surface area contributed by atoms with Crippen LogP contribution in [0.2, 0.25) is 0 Å². The van der Waals surface area contributed by atoms with Crippen LogP contribution >= 0.6 is 11.3 Å². The van der Waals surface area contributed by atoms with Gasteiger partial charge in [0.1, 0.15) is 12.9 Å². The van der Waals surface area contributed by atoms with Gasteiger partial charge in [0.2, 0.25) is 5.91 Å². The van der Waals surface area contributed by atoms with Crippen molar-refractivity contribution in [2.75, 3.05) is 5.32 Å². The number of hydrogen-bond donors (Lipinski definition) is 1. The molecular formula is C12H12N6OS. The van der Waals surface area contributed by atoms with Crippen LogP contribution in [-0.4, -0.2) is 31.1 Å². The molecule has 0 aliphatic carbocycles. The lowest BCUT2D eigenvalue weighted by Crippen LogP contribution is -2.19. The Hall–Kier alpha value is -2.35. The minimum absolute atomic E-state index is 0.0704. The van der Waals surface area contributed by atoms with E-state index in [0.717, 1.165) is 15.8 Å². The third kappa shape index (κ3) is 2.50. The number of benzene rings is 1. The van der Waals surface area contributed by atoms with Crippen LogP contribution in [0.3, 0.4) is 0 Å². The molecule has 0 atom stereocenters. The number of hydrogen-bond acceptors (Lipinski definition) is 6. The van der Waals surface area contributed by atoms with E-state index in [1.54, 1.807) is 0 Å². The molecule has 7 nitrogen and oxygen atoms in total. The summed E-state index contributed by atoms with van der Waals surface area (Å²) in [4.78, 5) is 16.3. The fourth-order valence-electron chi connectivity index (χ4n) is 1.98. The average molecular weight is 288 g/mol.